The molecule has 3 aromatic carbocycles. The van der Waals surface area contributed by atoms with Crippen molar-refractivity contribution in [3.8, 4) is 22.6 Å². The average Bonchev–Trinajstić information content (AvgIpc) is 3.55. The van der Waals surface area contributed by atoms with Crippen LogP contribution in [0.5, 0.6) is 5.75 Å². The maximum absolute atomic E-state index is 13.5. The SMILES string of the molecule is CNC(=O)CN1CCCCC(NCc2ccc(-n3ccnc3)c(-c3ccc(OC)c(S(=O)(=O)NCc4ccccc4)c3)c2)C1=O. The summed E-state index contributed by atoms with van der Waals surface area (Å²) in [6.07, 6.45) is 7.58. The Balaban J connectivity index is 1.44. The number of aromatic nitrogens is 2. The van der Waals surface area contributed by atoms with Gasteiger partial charge in [0, 0.05) is 44.6 Å². The summed E-state index contributed by atoms with van der Waals surface area (Å²) in [7, 11) is -0.929. The number of hydrogen-bond acceptors (Lipinski definition) is 7. The van der Waals surface area contributed by atoms with Gasteiger partial charge in [0.05, 0.1) is 31.7 Å². The van der Waals surface area contributed by atoms with Crippen molar-refractivity contribution in [1.82, 2.24) is 29.8 Å². The Labute approximate surface area is 263 Å². The Hall–Kier alpha value is -4.52. The van der Waals surface area contributed by atoms with E-state index in [1.165, 1.54) is 7.11 Å². The summed E-state index contributed by atoms with van der Waals surface area (Å²) >= 11 is 0. The first-order valence-electron chi connectivity index (χ1n) is 14.8. The van der Waals surface area contributed by atoms with Crippen LogP contribution in [0.3, 0.4) is 0 Å². The van der Waals surface area contributed by atoms with Gasteiger partial charge in [-0.05, 0) is 60.2 Å². The van der Waals surface area contributed by atoms with Crippen LogP contribution in [0.2, 0.25) is 0 Å². The molecule has 2 heterocycles. The van der Waals surface area contributed by atoms with Crippen molar-refractivity contribution in [2.45, 2.75) is 43.3 Å². The standard InChI is InChI=1S/C33H38N6O5S/c1-34-32(40)22-38-16-7-6-10-28(33(38)41)36-20-25-11-13-29(39-17-15-35-23-39)27(18-25)26-12-14-30(44-2)31(19-26)45(42,43)37-21-24-8-4-3-5-9-24/h3-5,8-9,11-15,17-19,23,28,36-37H,6-7,10,16,20-22H2,1-2H3,(H,34,40). The zero-order valence-electron chi connectivity index (χ0n) is 25.4. The van der Waals surface area contributed by atoms with Crippen LogP contribution in [0.15, 0.2) is 90.3 Å². The van der Waals surface area contributed by atoms with E-state index in [0.29, 0.717) is 25.1 Å². The number of sulfonamides is 1. The summed E-state index contributed by atoms with van der Waals surface area (Å²) in [6.45, 7) is 1.14. The van der Waals surface area contributed by atoms with Gasteiger partial charge in [-0.2, -0.15) is 0 Å². The van der Waals surface area contributed by atoms with Crippen LogP contribution in [-0.4, -0.2) is 68.0 Å². The van der Waals surface area contributed by atoms with Crippen LogP contribution in [0.25, 0.3) is 16.8 Å². The number of hydrogen-bond donors (Lipinski definition) is 3. The second-order valence-electron chi connectivity index (χ2n) is 10.9. The van der Waals surface area contributed by atoms with Crippen LogP contribution in [0.1, 0.15) is 30.4 Å². The predicted molar refractivity (Wildman–Crippen MR) is 171 cm³/mol. The van der Waals surface area contributed by atoms with E-state index in [4.69, 9.17) is 4.74 Å². The average molecular weight is 631 g/mol. The lowest BCUT2D eigenvalue weighted by atomic mass is 10.00. The molecule has 0 spiro atoms. The number of likely N-dealkylation sites (tertiary alicyclic amines) is 1. The van der Waals surface area contributed by atoms with E-state index >= 15 is 0 Å². The van der Waals surface area contributed by atoms with E-state index in [1.807, 2.05) is 65.4 Å². The molecule has 3 N–H and O–H groups in total. The van der Waals surface area contributed by atoms with Gasteiger partial charge in [-0.25, -0.2) is 18.1 Å². The molecule has 1 aromatic heterocycles. The van der Waals surface area contributed by atoms with E-state index in [-0.39, 0.29) is 35.5 Å². The first-order valence-corrected chi connectivity index (χ1v) is 16.3. The van der Waals surface area contributed by atoms with Gasteiger partial charge in [0.25, 0.3) is 0 Å². The third-order valence-corrected chi connectivity index (χ3v) is 9.29. The second kappa shape index (κ2) is 14.5. The molecular weight excluding hydrogens is 592 g/mol. The van der Waals surface area contributed by atoms with Crippen molar-refractivity contribution in [3.63, 3.8) is 0 Å². The number of likely N-dealkylation sites (N-methyl/N-ethyl adjacent to an activating group) is 1. The summed E-state index contributed by atoms with van der Waals surface area (Å²) < 4.78 is 37.1. The van der Waals surface area contributed by atoms with Crippen molar-refractivity contribution in [1.29, 1.82) is 0 Å². The molecule has 1 saturated heterocycles. The smallest absolute Gasteiger partial charge is 0.244 e. The number of nitrogens with zero attached hydrogens (tertiary/aromatic N) is 3. The fourth-order valence-corrected chi connectivity index (χ4v) is 6.61. The van der Waals surface area contributed by atoms with Crippen LogP contribution in [0, 0.1) is 0 Å². The van der Waals surface area contributed by atoms with Gasteiger partial charge in [-0.3, -0.25) is 9.59 Å². The molecule has 2 amide bonds. The van der Waals surface area contributed by atoms with E-state index < -0.39 is 16.1 Å². The maximum atomic E-state index is 13.5. The fourth-order valence-electron chi connectivity index (χ4n) is 5.40. The third kappa shape index (κ3) is 7.77. The summed E-state index contributed by atoms with van der Waals surface area (Å²) in [4.78, 5) is 31.1. The lowest BCUT2D eigenvalue weighted by Gasteiger charge is -2.24. The number of imidazole rings is 1. The van der Waals surface area contributed by atoms with Crippen molar-refractivity contribution in [3.05, 3.63) is 96.6 Å². The Morgan fingerprint density at radius 3 is 2.58 bits per heavy atom. The minimum atomic E-state index is -3.94. The zero-order valence-corrected chi connectivity index (χ0v) is 26.2. The molecule has 1 aliphatic rings. The highest BCUT2D eigenvalue weighted by Crippen LogP contribution is 2.34. The molecular formula is C33H38N6O5S. The number of benzene rings is 3. The van der Waals surface area contributed by atoms with Gasteiger partial charge in [-0.1, -0.05) is 42.5 Å². The van der Waals surface area contributed by atoms with Crippen molar-refractivity contribution in [2.24, 2.45) is 0 Å². The number of amides is 2. The monoisotopic (exact) mass is 630 g/mol. The lowest BCUT2D eigenvalue weighted by Crippen LogP contribution is -2.48. The number of nitrogens with one attached hydrogen (secondary N) is 3. The Morgan fingerprint density at radius 2 is 1.84 bits per heavy atom. The Bertz CT molecular complexity index is 1730. The van der Waals surface area contributed by atoms with Gasteiger partial charge in [0.15, 0.2) is 0 Å². The van der Waals surface area contributed by atoms with Crippen molar-refractivity contribution < 1.29 is 22.7 Å². The summed E-state index contributed by atoms with van der Waals surface area (Å²) in [5.41, 5.74) is 4.00. The molecule has 1 unspecified atom stereocenters. The highest BCUT2D eigenvalue weighted by Gasteiger charge is 2.28. The van der Waals surface area contributed by atoms with Crippen LogP contribution < -0.4 is 20.1 Å². The molecule has 45 heavy (non-hydrogen) atoms. The summed E-state index contributed by atoms with van der Waals surface area (Å²) in [5.74, 6) is -0.0475. The van der Waals surface area contributed by atoms with E-state index in [0.717, 1.165) is 35.2 Å². The molecule has 1 atom stereocenters. The predicted octanol–water partition coefficient (Wildman–Crippen LogP) is 3.24. The van der Waals surface area contributed by atoms with Gasteiger partial charge in [0.2, 0.25) is 21.8 Å². The summed E-state index contributed by atoms with van der Waals surface area (Å²) in [5, 5.41) is 5.99. The summed E-state index contributed by atoms with van der Waals surface area (Å²) in [6, 6.07) is 19.9. The molecule has 11 nitrogen and oxygen atoms in total. The second-order valence-corrected chi connectivity index (χ2v) is 12.6. The number of carbonyl (C=O) groups is 2. The zero-order chi connectivity index (χ0) is 31.8. The Morgan fingerprint density at radius 1 is 1.02 bits per heavy atom. The molecule has 12 heteroatoms. The van der Waals surface area contributed by atoms with Crippen LogP contribution in [-0.2, 0) is 32.7 Å². The number of rotatable bonds is 12. The minimum Gasteiger partial charge on any atom is -0.495 e. The highest BCUT2D eigenvalue weighted by molar-refractivity contribution is 7.89. The van der Waals surface area contributed by atoms with E-state index in [1.54, 1.807) is 36.6 Å². The van der Waals surface area contributed by atoms with Crippen molar-refractivity contribution >= 4 is 21.8 Å². The molecule has 0 radical (unpaired) electrons. The number of ether oxygens (including phenoxy) is 1. The molecule has 0 bridgehead atoms. The fraction of sp³-hybridized carbons (Fsp3) is 0.303. The largest absolute Gasteiger partial charge is 0.495 e. The quantitative estimate of drug-likeness (QED) is 0.219. The number of methoxy groups -OCH3 is 1. The molecule has 1 fully saturated rings. The first kappa shape index (κ1) is 31.9. The van der Waals surface area contributed by atoms with Gasteiger partial charge < -0.3 is 24.8 Å². The molecule has 1 aliphatic heterocycles. The molecule has 236 valence electrons. The lowest BCUT2D eigenvalue weighted by molar-refractivity contribution is -0.137. The molecule has 0 saturated carbocycles. The first-order chi connectivity index (χ1) is 21.8. The van der Waals surface area contributed by atoms with Gasteiger partial charge in [0.1, 0.15) is 10.6 Å². The molecule has 5 rings (SSSR count). The molecule has 4 aromatic rings. The van der Waals surface area contributed by atoms with E-state index in [9.17, 15) is 18.0 Å². The number of carbonyl (C=O) groups excluding carboxylic acids is 2. The Kier molecular flexibility index (Phi) is 10.3. The highest BCUT2D eigenvalue weighted by atomic mass is 32.2. The topological polar surface area (TPSA) is 135 Å². The van der Waals surface area contributed by atoms with Crippen LogP contribution in [0.4, 0.5) is 0 Å². The minimum absolute atomic E-state index is 0.0267. The van der Waals surface area contributed by atoms with Gasteiger partial charge in [-0.15, -0.1) is 0 Å². The molecule has 0 aliphatic carbocycles. The van der Waals surface area contributed by atoms with Crippen LogP contribution >= 0.6 is 0 Å². The normalized spacial score (nSPS) is 15.5. The van der Waals surface area contributed by atoms with E-state index in [2.05, 4.69) is 20.3 Å². The van der Waals surface area contributed by atoms with Gasteiger partial charge >= 0.3 is 0 Å². The third-order valence-electron chi connectivity index (χ3n) is 7.86. The maximum Gasteiger partial charge on any atom is 0.244 e. The van der Waals surface area contributed by atoms with Crippen molar-refractivity contribution in [2.75, 3.05) is 27.2 Å².